The molecule has 4 aliphatic rings. The highest BCUT2D eigenvalue weighted by atomic mass is 32.2. The summed E-state index contributed by atoms with van der Waals surface area (Å²) in [6, 6.07) is 8.24. The van der Waals surface area contributed by atoms with Crippen molar-refractivity contribution < 1.29 is 27.4 Å². The predicted molar refractivity (Wildman–Crippen MR) is 222 cm³/mol. The van der Waals surface area contributed by atoms with E-state index in [1.165, 1.54) is 13.2 Å². The van der Waals surface area contributed by atoms with Crippen molar-refractivity contribution in [2.24, 2.45) is 5.92 Å². The van der Waals surface area contributed by atoms with Crippen molar-refractivity contribution in [3.8, 4) is 0 Å². The van der Waals surface area contributed by atoms with Gasteiger partial charge in [-0.1, -0.05) is 12.1 Å². The van der Waals surface area contributed by atoms with Gasteiger partial charge in [-0.25, -0.2) is 22.8 Å². The zero-order chi connectivity index (χ0) is 40.9. The lowest BCUT2D eigenvalue weighted by atomic mass is 9.86. The van der Waals surface area contributed by atoms with Crippen LogP contribution in [0.2, 0.25) is 0 Å². The number of benzene rings is 1. The summed E-state index contributed by atoms with van der Waals surface area (Å²) in [5.41, 5.74) is -1.09. The summed E-state index contributed by atoms with van der Waals surface area (Å²) in [6.07, 6.45) is 7.53. The molecule has 1 amide bonds. The number of nitrogens with one attached hydrogen (secondary N) is 2. The number of hydrogen-bond donors (Lipinski definition) is 3. The summed E-state index contributed by atoms with van der Waals surface area (Å²) < 4.78 is 44.7. The standard InChI is InChI=1S/C41H58FN9O5S/c1-27-28(25-57(7,54)55)22-51(27)33-9-8-32(40(4,5)47-37(53)10-13-39(2,3)50-18-16-48(17-19-50)29-23-56-24-29)30-20-36(44-21-31(30)33)45-35-11-14-43-38(46-35)49-15-12-34(52)41(6,42)26-49/h8-11,13-14,20-21,27-29,34,52H,12,15-19,22-26H2,1-7H3,(H,47,53)(H,43,44,45,46)/b13-10+/t27-,28-,34-,41+/m1/s1. The molecule has 4 atom stereocenters. The zero-order valence-corrected chi connectivity index (χ0v) is 35.0. The first-order valence-corrected chi connectivity index (χ1v) is 22.0. The average molecular weight is 808 g/mol. The second kappa shape index (κ2) is 15.7. The van der Waals surface area contributed by atoms with Gasteiger partial charge < -0.3 is 30.3 Å². The number of halogens is 1. The number of amides is 1. The van der Waals surface area contributed by atoms with Crippen LogP contribution in [0.5, 0.6) is 0 Å². The van der Waals surface area contributed by atoms with E-state index in [1.54, 1.807) is 29.4 Å². The van der Waals surface area contributed by atoms with E-state index in [-0.39, 0.29) is 42.1 Å². The van der Waals surface area contributed by atoms with Crippen LogP contribution in [0.1, 0.15) is 53.5 Å². The summed E-state index contributed by atoms with van der Waals surface area (Å²) in [6.45, 7) is 18.1. The van der Waals surface area contributed by atoms with Crippen LogP contribution in [0.3, 0.4) is 0 Å². The second-order valence-corrected chi connectivity index (χ2v) is 19.9. The van der Waals surface area contributed by atoms with Crippen molar-refractivity contribution in [2.75, 3.05) is 86.2 Å². The number of aliphatic hydroxyl groups excluding tert-OH is 1. The number of rotatable bonds is 12. The van der Waals surface area contributed by atoms with E-state index in [0.29, 0.717) is 36.7 Å². The van der Waals surface area contributed by atoms with E-state index in [1.807, 2.05) is 45.0 Å². The lowest BCUT2D eigenvalue weighted by Crippen LogP contribution is -2.59. The molecule has 6 heterocycles. The number of anilines is 4. The SMILES string of the molecule is C[C@@H]1[C@@H](CS(C)(=O)=O)CN1c1ccc(C(C)(C)NC(=O)/C=C/C(C)(C)N2CCN(C3COC3)CC2)c2cc(Nc3ccnc(N4CC[C@@H](O)[C@@](C)(F)C4)n3)ncc12. The first-order valence-electron chi connectivity index (χ1n) is 20.0. The fraction of sp³-hybridized carbons (Fsp3) is 0.610. The van der Waals surface area contributed by atoms with Crippen molar-refractivity contribution in [3.05, 3.63) is 54.4 Å². The average Bonchev–Trinajstić information content (AvgIpc) is 3.12. The largest absolute Gasteiger partial charge is 0.390 e. The lowest BCUT2D eigenvalue weighted by Gasteiger charge is -2.48. The maximum Gasteiger partial charge on any atom is 0.244 e. The van der Waals surface area contributed by atoms with Gasteiger partial charge in [-0.2, -0.15) is 4.98 Å². The van der Waals surface area contributed by atoms with Gasteiger partial charge in [-0.05, 0) is 77.1 Å². The number of aromatic nitrogens is 3. The molecule has 7 rings (SSSR count). The van der Waals surface area contributed by atoms with E-state index in [0.717, 1.165) is 61.4 Å². The number of pyridine rings is 1. The molecule has 310 valence electrons. The minimum Gasteiger partial charge on any atom is -0.390 e. The highest BCUT2D eigenvalue weighted by molar-refractivity contribution is 7.90. The minimum atomic E-state index is -3.13. The molecule has 3 aromatic rings. The van der Waals surface area contributed by atoms with Crippen LogP contribution < -0.4 is 20.4 Å². The number of alkyl halides is 1. The molecule has 16 heteroatoms. The molecule has 0 bridgehead atoms. The number of piperidine rings is 1. The topological polar surface area (TPSA) is 156 Å². The first-order chi connectivity index (χ1) is 26.8. The van der Waals surface area contributed by atoms with Gasteiger partial charge in [0, 0.05) is 92.6 Å². The molecule has 1 aromatic carbocycles. The molecule has 0 unspecified atom stereocenters. The maximum atomic E-state index is 15.0. The van der Waals surface area contributed by atoms with Crippen molar-refractivity contribution >= 4 is 49.8 Å². The van der Waals surface area contributed by atoms with Gasteiger partial charge in [0.1, 0.15) is 21.5 Å². The van der Waals surface area contributed by atoms with Crippen LogP contribution in [-0.2, 0) is 24.9 Å². The van der Waals surface area contributed by atoms with Gasteiger partial charge >= 0.3 is 0 Å². The minimum absolute atomic E-state index is 0.00417. The number of carbonyl (C=O) groups excluding carboxylic acids is 1. The summed E-state index contributed by atoms with van der Waals surface area (Å²) in [4.78, 5) is 36.3. The van der Waals surface area contributed by atoms with Gasteiger partial charge in [0.15, 0.2) is 5.67 Å². The van der Waals surface area contributed by atoms with E-state index >= 15 is 4.39 Å². The molecule has 0 saturated carbocycles. The number of ether oxygens (including phenoxy) is 1. The Bertz CT molecular complexity index is 2100. The van der Waals surface area contributed by atoms with Crippen LogP contribution in [0.15, 0.2) is 48.8 Å². The fourth-order valence-corrected chi connectivity index (χ4v) is 9.74. The summed E-state index contributed by atoms with van der Waals surface area (Å²) in [5.74, 6) is 1.27. The molecule has 3 N–H and O–H groups in total. The summed E-state index contributed by atoms with van der Waals surface area (Å²) >= 11 is 0. The van der Waals surface area contributed by atoms with Crippen molar-refractivity contribution in [2.45, 2.75) is 82.9 Å². The molecule has 0 radical (unpaired) electrons. The Hall–Kier alpha value is -3.96. The molecule has 4 fully saturated rings. The number of hydrogen-bond acceptors (Lipinski definition) is 13. The third-order valence-electron chi connectivity index (χ3n) is 12.4. The molecule has 14 nitrogen and oxygen atoms in total. The monoisotopic (exact) mass is 807 g/mol. The molecule has 2 aromatic heterocycles. The van der Waals surface area contributed by atoms with Crippen LogP contribution in [0.25, 0.3) is 10.8 Å². The molecule has 0 spiro atoms. The van der Waals surface area contributed by atoms with Gasteiger partial charge in [0.05, 0.1) is 43.2 Å². The molecule has 4 saturated heterocycles. The van der Waals surface area contributed by atoms with Crippen molar-refractivity contribution in [1.29, 1.82) is 0 Å². The predicted octanol–water partition coefficient (Wildman–Crippen LogP) is 3.64. The van der Waals surface area contributed by atoms with Gasteiger partial charge in [-0.15, -0.1) is 0 Å². The Labute approximate surface area is 335 Å². The van der Waals surface area contributed by atoms with Gasteiger partial charge in [0.25, 0.3) is 0 Å². The maximum absolute atomic E-state index is 15.0. The number of carbonyl (C=O) groups is 1. The molecule has 0 aliphatic carbocycles. The number of fused-ring (bicyclic) bond motifs is 1. The van der Waals surface area contributed by atoms with Crippen molar-refractivity contribution in [3.63, 3.8) is 0 Å². The first kappa shape index (κ1) is 41.2. The summed E-state index contributed by atoms with van der Waals surface area (Å²) in [5, 5.41) is 18.4. The zero-order valence-electron chi connectivity index (χ0n) is 34.2. The Morgan fingerprint density at radius 1 is 1.07 bits per heavy atom. The molecule has 57 heavy (non-hydrogen) atoms. The van der Waals surface area contributed by atoms with Crippen LogP contribution in [0.4, 0.5) is 27.7 Å². The highest BCUT2D eigenvalue weighted by Gasteiger charge is 2.41. The molecule has 4 aliphatic heterocycles. The van der Waals surface area contributed by atoms with E-state index in [9.17, 15) is 18.3 Å². The van der Waals surface area contributed by atoms with Crippen LogP contribution in [0, 0.1) is 5.92 Å². The Kier molecular flexibility index (Phi) is 11.3. The Morgan fingerprint density at radius 2 is 1.81 bits per heavy atom. The third-order valence-corrected chi connectivity index (χ3v) is 13.4. The number of piperazine rings is 1. The Balaban J connectivity index is 1.13. The van der Waals surface area contributed by atoms with Crippen molar-refractivity contribution in [1.82, 2.24) is 30.1 Å². The van der Waals surface area contributed by atoms with E-state index in [2.05, 4.69) is 49.1 Å². The number of aliphatic hydroxyl groups is 1. The summed E-state index contributed by atoms with van der Waals surface area (Å²) in [7, 11) is -3.13. The normalized spacial score (nSPS) is 25.7. The fourth-order valence-electron chi connectivity index (χ4n) is 8.58. The number of sulfone groups is 1. The van der Waals surface area contributed by atoms with Gasteiger partial charge in [-0.3, -0.25) is 14.6 Å². The molecular weight excluding hydrogens is 750 g/mol. The third kappa shape index (κ3) is 9.04. The molecular formula is C41H58FN9O5S. The van der Waals surface area contributed by atoms with E-state index in [4.69, 9.17) is 9.72 Å². The quantitative estimate of drug-likeness (QED) is 0.229. The van der Waals surface area contributed by atoms with Crippen LogP contribution >= 0.6 is 0 Å². The Morgan fingerprint density at radius 3 is 2.46 bits per heavy atom. The van der Waals surface area contributed by atoms with Crippen LogP contribution in [-0.4, -0.2) is 145 Å². The van der Waals surface area contributed by atoms with Gasteiger partial charge in [0.2, 0.25) is 11.9 Å². The lowest BCUT2D eigenvalue weighted by molar-refractivity contribution is -0.118. The second-order valence-electron chi connectivity index (χ2n) is 17.7. The smallest absolute Gasteiger partial charge is 0.244 e. The van der Waals surface area contributed by atoms with E-state index < -0.39 is 27.1 Å². The number of nitrogens with zero attached hydrogens (tertiary/aromatic N) is 7. The highest BCUT2D eigenvalue weighted by Crippen LogP contribution is 2.41.